The monoisotopic (exact) mass is 354 g/mol. The molecule has 1 aliphatic heterocycles. The van der Waals surface area contributed by atoms with Crippen molar-refractivity contribution in [3.05, 3.63) is 42.2 Å². The summed E-state index contributed by atoms with van der Waals surface area (Å²) in [4.78, 5) is 31.0. The van der Waals surface area contributed by atoms with Gasteiger partial charge in [0.2, 0.25) is 11.8 Å². The molecule has 6 nitrogen and oxygen atoms in total. The SMILES string of the molecule is C=C(C)C(=O)NCCc1nc2ccccc2n1CC(=O)N1CCCCC1. The number of aromatic nitrogens is 2. The van der Waals surface area contributed by atoms with Gasteiger partial charge in [-0.2, -0.15) is 0 Å². The lowest BCUT2D eigenvalue weighted by Gasteiger charge is -2.27. The Kier molecular flexibility index (Phi) is 5.71. The summed E-state index contributed by atoms with van der Waals surface area (Å²) in [6.07, 6.45) is 3.93. The van der Waals surface area contributed by atoms with Crippen molar-refractivity contribution in [3.8, 4) is 0 Å². The van der Waals surface area contributed by atoms with Crippen LogP contribution in [0.3, 0.4) is 0 Å². The van der Waals surface area contributed by atoms with Gasteiger partial charge in [0.1, 0.15) is 12.4 Å². The highest BCUT2D eigenvalue weighted by Gasteiger charge is 2.19. The fourth-order valence-electron chi connectivity index (χ4n) is 3.31. The Morgan fingerprint density at radius 3 is 2.65 bits per heavy atom. The highest BCUT2D eigenvalue weighted by Crippen LogP contribution is 2.18. The van der Waals surface area contributed by atoms with E-state index in [9.17, 15) is 9.59 Å². The number of carbonyl (C=O) groups is 2. The van der Waals surface area contributed by atoms with Crippen LogP contribution in [-0.4, -0.2) is 45.9 Å². The third-order valence-corrected chi connectivity index (χ3v) is 4.76. The zero-order valence-corrected chi connectivity index (χ0v) is 15.3. The summed E-state index contributed by atoms with van der Waals surface area (Å²) in [6.45, 7) is 7.77. The quantitative estimate of drug-likeness (QED) is 0.810. The summed E-state index contributed by atoms with van der Waals surface area (Å²) in [5.74, 6) is 0.802. The fraction of sp³-hybridized carbons (Fsp3) is 0.450. The van der Waals surface area contributed by atoms with Gasteiger partial charge in [0, 0.05) is 31.6 Å². The summed E-state index contributed by atoms with van der Waals surface area (Å²) in [5, 5.41) is 2.83. The topological polar surface area (TPSA) is 67.2 Å². The van der Waals surface area contributed by atoms with Gasteiger partial charge in [-0.3, -0.25) is 9.59 Å². The number of rotatable bonds is 6. The second kappa shape index (κ2) is 8.17. The zero-order chi connectivity index (χ0) is 18.5. The van der Waals surface area contributed by atoms with Crippen LogP contribution in [0, 0.1) is 0 Å². The molecule has 0 aliphatic carbocycles. The summed E-state index contributed by atoms with van der Waals surface area (Å²) in [6, 6.07) is 7.84. The van der Waals surface area contributed by atoms with Crippen molar-refractivity contribution in [2.75, 3.05) is 19.6 Å². The zero-order valence-electron chi connectivity index (χ0n) is 15.3. The van der Waals surface area contributed by atoms with Crippen molar-refractivity contribution in [3.63, 3.8) is 0 Å². The van der Waals surface area contributed by atoms with Gasteiger partial charge in [-0.05, 0) is 38.3 Å². The average Bonchev–Trinajstić information content (AvgIpc) is 3.00. The molecule has 0 atom stereocenters. The standard InChI is InChI=1S/C20H26N4O2/c1-15(2)20(26)21-11-10-18-22-16-8-4-5-9-17(16)24(18)14-19(25)23-12-6-3-7-13-23/h4-5,8-9H,1,3,6-7,10-14H2,2H3,(H,21,26). The van der Waals surface area contributed by atoms with Crippen LogP contribution in [0.5, 0.6) is 0 Å². The summed E-state index contributed by atoms with van der Waals surface area (Å²) in [5.41, 5.74) is 2.32. The van der Waals surface area contributed by atoms with Gasteiger partial charge in [0.25, 0.3) is 0 Å². The number of hydrogen-bond acceptors (Lipinski definition) is 3. The Labute approximate surface area is 153 Å². The maximum atomic E-state index is 12.7. The third-order valence-electron chi connectivity index (χ3n) is 4.76. The molecule has 1 fully saturated rings. The summed E-state index contributed by atoms with van der Waals surface area (Å²) in [7, 11) is 0. The van der Waals surface area contributed by atoms with E-state index < -0.39 is 0 Å². The van der Waals surface area contributed by atoms with Gasteiger partial charge < -0.3 is 14.8 Å². The van der Waals surface area contributed by atoms with Crippen molar-refractivity contribution >= 4 is 22.8 Å². The Balaban J connectivity index is 1.76. The summed E-state index contributed by atoms with van der Waals surface area (Å²) < 4.78 is 1.99. The van der Waals surface area contributed by atoms with Crippen LogP contribution in [0.4, 0.5) is 0 Å². The minimum atomic E-state index is -0.156. The van der Waals surface area contributed by atoms with E-state index in [4.69, 9.17) is 0 Å². The molecule has 0 saturated carbocycles. The first kappa shape index (κ1) is 18.2. The molecule has 3 rings (SSSR count). The van der Waals surface area contributed by atoms with Crippen LogP contribution >= 0.6 is 0 Å². The molecule has 0 spiro atoms. The number of nitrogens with zero attached hydrogens (tertiary/aromatic N) is 3. The number of carbonyl (C=O) groups excluding carboxylic acids is 2. The van der Waals surface area contributed by atoms with Crippen LogP contribution in [0.2, 0.25) is 0 Å². The maximum absolute atomic E-state index is 12.7. The first-order valence-corrected chi connectivity index (χ1v) is 9.22. The molecular formula is C20H26N4O2. The highest BCUT2D eigenvalue weighted by molar-refractivity contribution is 5.92. The number of fused-ring (bicyclic) bond motifs is 1. The van der Waals surface area contributed by atoms with Crippen molar-refractivity contribution in [1.29, 1.82) is 0 Å². The summed E-state index contributed by atoms with van der Waals surface area (Å²) >= 11 is 0. The van der Waals surface area contributed by atoms with Crippen molar-refractivity contribution in [1.82, 2.24) is 19.8 Å². The van der Waals surface area contributed by atoms with E-state index in [0.29, 0.717) is 25.1 Å². The number of benzene rings is 1. The van der Waals surface area contributed by atoms with E-state index in [0.717, 1.165) is 42.8 Å². The van der Waals surface area contributed by atoms with Crippen LogP contribution in [0.25, 0.3) is 11.0 Å². The lowest BCUT2D eigenvalue weighted by molar-refractivity contribution is -0.132. The van der Waals surface area contributed by atoms with Crippen LogP contribution in [0.1, 0.15) is 32.0 Å². The van der Waals surface area contributed by atoms with E-state index in [1.807, 2.05) is 33.7 Å². The molecule has 1 aromatic carbocycles. The molecule has 0 unspecified atom stereocenters. The molecule has 138 valence electrons. The molecular weight excluding hydrogens is 328 g/mol. The third kappa shape index (κ3) is 4.12. The fourth-order valence-corrected chi connectivity index (χ4v) is 3.31. The number of nitrogens with one attached hydrogen (secondary N) is 1. The molecule has 2 heterocycles. The maximum Gasteiger partial charge on any atom is 0.246 e. The second-order valence-corrected chi connectivity index (χ2v) is 6.83. The molecule has 2 aromatic rings. The molecule has 26 heavy (non-hydrogen) atoms. The lowest BCUT2D eigenvalue weighted by atomic mass is 10.1. The second-order valence-electron chi connectivity index (χ2n) is 6.83. The van der Waals surface area contributed by atoms with Crippen molar-refractivity contribution in [2.24, 2.45) is 0 Å². The molecule has 0 radical (unpaired) electrons. The van der Waals surface area contributed by atoms with E-state index in [1.165, 1.54) is 6.42 Å². The van der Waals surface area contributed by atoms with Gasteiger partial charge >= 0.3 is 0 Å². The molecule has 6 heteroatoms. The first-order valence-electron chi connectivity index (χ1n) is 9.22. The predicted octanol–water partition coefficient (Wildman–Crippen LogP) is 2.28. The number of para-hydroxylation sites is 2. The lowest BCUT2D eigenvalue weighted by Crippen LogP contribution is -2.38. The Morgan fingerprint density at radius 1 is 1.19 bits per heavy atom. The number of likely N-dealkylation sites (tertiary alicyclic amines) is 1. The number of piperidine rings is 1. The molecule has 1 N–H and O–H groups in total. The van der Waals surface area contributed by atoms with Gasteiger partial charge in [0.05, 0.1) is 11.0 Å². The largest absolute Gasteiger partial charge is 0.352 e. The van der Waals surface area contributed by atoms with E-state index >= 15 is 0 Å². The van der Waals surface area contributed by atoms with Crippen LogP contribution in [-0.2, 0) is 22.6 Å². The van der Waals surface area contributed by atoms with Crippen molar-refractivity contribution < 1.29 is 9.59 Å². The molecule has 1 saturated heterocycles. The smallest absolute Gasteiger partial charge is 0.246 e. The van der Waals surface area contributed by atoms with Crippen LogP contribution < -0.4 is 5.32 Å². The van der Waals surface area contributed by atoms with Gasteiger partial charge in [-0.1, -0.05) is 18.7 Å². The molecule has 0 bridgehead atoms. The minimum Gasteiger partial charge on any atom is -0.352 e. The van der Waals surface area contributed by atoms with Crippen LogP contribution in [0.15, 0.2) is 36.4 Å². The first-order chi connectivity index (χ1) is 12.6. The molecule has 1 aromatic heterocycles. The van der Waals surface area contributed by atoms with Gasteiger partial charge in [0.15, 0.2) is 0 Å². The number of imidazole rings is 1. The van der Waals surface area contributed by atoms with Gasteiger partial charge in [-0.25, -0.2) is 4.98 Å². The Hall–Kier alpha value is -2.63. The highest BCUT2D eigenvalue weighted by atomic mass is 16.2. The predicted molar refractivity (Wildman–Crippen MR) is 102 cm³/mol. The minimum absolute atomic E-state index is 0.139. The Morgan fingerprint density at radius 2 is 1.92 bits per heavy atom. The van der Waals surface area contributed by atoms with Crippen molar-refractivity contribution in [2.45, 2.75) is 39.2 Å². The normalized spacial score (nSPS) is 14.4. The molecule has 1 aliphatic rings. The Bertz CT molecular complexity index is 818. The van der Waals surface area contributed by atoms with E-state index in [1.54, 1.807) is 6.92 Å². The number of hydrogen-bond donors (Lipinski definition) is 1. The van der Waals surface area contributed by atoms with E-state index in [-0.39, 0.29) is 11.8 Å². The average molecular weight is 354 g/mol. The molecule has 2 amide bonds. The van der Waals surface area contributed by atoms with Gasteiger partial charge in [-0.15, -0.1) is 0 Å². The van der Waals surface area contributed by atoms with E-state index in [2.05, 4.69) is 16.9 Å². The number of amides is 2.